The molecule has 3 aromatic heterocycles. The SMILES string of the molecule is OC[C@H]1O[C@@H](n2cnc3c(OCc4ccccc4)nc4nccn4c32)[C@H](O)[C@@H]1O. The van der Waals surface area contributed by atoms with Crippen LogP contribution in [0.15, 0.2) is 49.1 Å². The Bertz CT molecular complexity index is 1140. The van der Waals surface area contributed by atoms with Crippen molar-refractivity contribution in [3.63, 3.8) is 0 Å². The molecule has 29 heavy (non-hydrogen) atoms. The van der Waals surface area contributed by atoms with E-state index >= 15 is 0 Å². The van der Waals surface area contributed by atoms with E-state index in [2.05, 4.69) is 15.0 Å². The standard InChI is InChI=1S/C19H19N5O5/c25-8-12-14(26)15(27)18(29-12)24-10-21-13-16(28-9-11-4-2-1-3-5-11)22-19-20-6-7-23(19)17(13)24/h1-7,10,12,14-15,18,25-27H,8-9H2/t12-,14-,15-,18-/m1/s1. The van der Waals surface area contributed by atoms with E-state index in [1.165, 1.54) is 6.33 Å². The van der Waals surface area contributed by atoms with E-state index in [-0.39, 0.29) is 0 Å². The lowest BCUT2D eigenvalue weighted by Crippen LogP contribution is -2.33. The third-order valence-electron chi connectivity index (χ3n) is 5.03. The molecule has 0 saturated carbocycles. The Morgan fingerprint density at radius 2 is 1.93 bits per heavy atom. The first kappa shape index (κ1) is 18.0. The molecule has 1 aliphatic heterocycles. The van der Waals surface area contributed by atoms with Crippen molar-refractivity contribution >= 4 is 16.9 Å². The van der Waals surface area contributed by atoms with Gasteiger partial charge in [-0.3, -0.25) is 8.97 Å². The second-order valence-electron chi connectivity index (χ2n) is 6.84. The molecule has 0 unspecified atom stereocenters. The van der Waals surface area contributed by atoms with Gasteiger partial charge in [-0.1, -0.05) is 30.3 Å². The lowest BCUT2D eigenvalue weighted by molar-refractivity contribution is -0.0511. The highest BCUT2D eigenvalue weighted by molar-refractivity contribution is 5.79. The summed E-state index contributed by atoms with van der Waals surface area (Å²) in [4.78, 5) is 13.1. The van der Waals surface area contributed by atoms with E-state index in [0.29, 0.717) is 29.4 Å². The van der Waals surface area contributed by atoms with Crippen molar-refractivity contribution in [2.24, 2.45) is 0 Å². The Balaban J connectivity index is 1.58. The van der Waals surface area contributed by atoms with Gasteiger partial charge in [-0.2, -0.15) is 4.98 Å². The second kappa shape index (κ2) is 7.08. The molecule has 1 saturated heterocycles. The Kier molecular flexibility index (Phi) is 4.40. The topological polar surface area (TPSA) is 127 Å². The summed E-state index contributed by atoms with van der Waals surface area (Å²) in [6.07, 6.45) is 0.536. The first-order chi connectivity index (χ1) is 14.2. The largest absolute Gasteiger partial charge is 0.471 e. The average Bonchev–Trinajstić information content (AvgIpc) is 3.45. The predicted molar refractivity (Wildman–Crippen MR) is 100 cm³/mol. The van der Waals surface area contributed by atoms with Crippen molar-refractivity contribution in [2.75, 3.05) is 6.61 Å². The van der Waals surface area contributed by atoms with Gasteiger partial charge >= 0.3 is 0 Å². The molecule has 1 aromatic carbocycles. The molecule has 0 aliphatic carbocycles. The molecular weight excluding hydrogens is 378 g/mol. The minimum atomic E-state index is -1.23. The third-order valence-corrected chi connectivity index (χ3v) is 5.03. The highest BCUT2D eigenvalue weighted by atomic mass is 16.6. The van der Waals surface area contributed by atoms with E-state index in [0.717, 1.165) is 5.56 Å². The van der Waals surface area contributed by atoms with E-state index in [4.69, 9.17) is 9.47 Å². The van der Waals surface area contributed by atoms with Crippen molar-refractivity contribution in [1.82, 2.24) is 23.9 Å². The molecule has 0 spiro atoms. The van der Waals surface area contributed by atoms with Gasteiger partial charge in [-0.15, -0.1) is 0 Å². The van der Waals surface area contributed by atoms with Crippen LogP contribution in [0.3, 0.4) is 0 Å². The Hall–Kier alpha value is -3.05. The summed E-state index contributed by atoms with van der Waals surface area (Å²) in [6, 6.07) is 9.68. The van der Waals surface area contributed by atoms with Gasteiger partial charge < -0.3 is 24.8 Å². The first-order valence-corrected chi connectivity index (χ1v) is 9.16. The highest BCUT2D eigenvalue weighted by Crippen LogP contribution is 2.33. The molecule has 4 aromatic rings. The minimum Gasteiger partial charge on any atom is -0.471 e. The van der Waals surface area contributed by atoms with Crippen LogP contribution in [0.2, 0.25) is 0 Å². The van der Waals surface area contributed by atoms with Crippen LogP contribution in [-0.4, -0.2) is 64.2 Å². The summed E-state index contributed by atoms with van der Waals surface area (Å²) in [7, 11) is 0. The number of hydrogen-bond acceptors (Lipinski definition) is 8. The van der Waals surface area contributed by atoms with Gasteiger partial charge in [0.05, 0.1) is 12.9 Å². The highest BCUT2D eigenvalue weighted by Gasteiger charge is 2.44. The zero-order valence-electron chi connectivity index (χ0n) is 15.2. The van der Waals surface area contributed by atoms with Gasteiger partial charge in [-0.05, 0) is 5.56 Å². The van der Waals surface area contributed by atoms with Crippen LogP contribution in [0.4, 0.5) is 0 Å². The van der Waals surface area contributed by atoms with E-state index < -0.39 is 31.1 Å². The van der Waals surface area contributed by atoms with Gasteiger partial charge in [0.2, 0.25) is 11.7 Å². The van der Waals surface area contributed by atoms with Gasteiger partial charge in [-0.25, -0.2) is 9.97 Å². The third kappa shape index (κ3) is 2.93. The smallest absolute Gasteiger partial charge is 0.247 e. The fraction of sp³-hybridized carbons (Fsp3) is 0.316. The Morgan fingerprint density at radius 3 is 2.69 bits per heavy atom. The lowest BCUT2D eigenvalue weighted by atomic mass is 10.1. The molecule has 0 amide bonds. The number of aliphatic hydroxyl groups is 3. The first-order valence-electron chi connectivity index (χ1n) is 9.16. The van der Waals surface area contributed by atoms with Crippen LogP contribution in [0.5, 0.6) is 5.88 Å². The molecule has 0 bridgehead atoms. The number of fused-ring (bicyclic) bond motifs is 3. The summed E-state index contributed by atoms with van der Waals surface area (Å²) in [6.45, 7) is -0.102. The number of benzene rings is 1. The van der Waals surface area contributed by atoms with E-state index in [1.807, 2.05) is 30.3 Å². The maximum Gasteiger partial charge on any atom is 0.247 e. The number of rotatable bonds is 5. The summed E-state index contributed by atoms with van der Waals surface area (Å²) < 4.78 is 14.9. The molecule has 4 atom stereocenters. The zero-order valence-corrected chi connectivity index (χ0v) is 15.2. The van der Waals surface area contributed by atoms with Gasteiger partial charge in [0.25, 0.3) is 0 Å². The minimum absolute atomic E-state index is 0.299. The van der Waals surface area contributed by atoms with Gasteiger partial charge in [0.15, 0.2) is 17.4 Å². The normalized spacial score (nSPS) is 24.5. The summed E-state index contributed by atoms with van der Waals surface area (Å²) >= 11 is 0. The fourth-order valence-electron chi connectivity index (χ4n) is 3.55. The number of aliphatic hydroxyl groups excluding tert-OH is 3. The molecule has 4 heterocycles. The molecule has 10 nitrogen and oxygen atoms in total. The van der Waals surface area contributed by atoms with Crippen LogP contribution in [0.25, 0.3) is 16.9 Å². The number of aromatic nitrogens is 5. The predicted octanol–water partition coefficient (Wildman–Crippen LogP) is 0.269. The van der Waals surface area contributed by atoms with Gasteiger partial charge in [0, 0.05) is 12.4 Å². The molecule has 10 heteroatoms. The second-order valence-corrected chi connectivity index (χ2v) is 6.84. The Labute approximate surface area is 164 Å². The summed E-state index contributed by atoms with van der Waals surface area (Å²) in [5.41, 5.74) is 1.99. The van der Waals surface area contributed by atoms with Crippen molar-refractivity contribution in [3.05, 3.63) is 54.6 Å². The van der Waals surface area contributed by atoms with Crippen LogP contribution in [0.1, 0.15) is 11.8 Å². The Morgan fingerprint density at radius 1 is 1.10 bits per heavy atom. The number of imidazole rings is 2. The van der Waals surface area contributed by atoms with Gasteiger partial charge in [0.1, 0.15) is 24.9 Å². The van der Waals surface area contributed by atoms with Crippen molar-refractivity contribution in [2.45, 2.75) is 31.1 Å². The molecule has 150 valence electrons. The maximum atomic E-state index is 10.4. The van der Waals surface area contributed by atoms with Crippen molar-refractivity contribution < 1.29 is 24.8 Å². The summed E-state index contributed by atoms with van der Waals surface area (Å²) in [5.74, 6) is 0.696. The molecule has 1 fully saturated rings. The van der Waals surface area contributed by atoms with Crippen LogP contribution >= 0.6 is 0 Å². The fourth-order valence-corrected chi connectivity index (χ4v) is 3.55. The average molecular weight is 397 g/mol. The zero-order chi connectivity index (χ0) is 20.0. The van der Waals surface area contributed by atoms with Crippen molar-refractivity contribution in [1.29, 1.82) is 0 Å². The number of nitrogens with zero attached hydrogens (tertiary/aromatic N) is 5. The van der Waals surface area contributed by atoms with Crippen LogP contribution < -0.4 is 4.74 Å². The molecule has 5 rings (SSSR count). The van der Waals surface area contributed by atoms with Crippen molar-refractivity contribution in [3.8, 4) is 5.88 Å². The molecule has 0 radical (unpaired) electrons. The molecule has 3 N–H and O–H groups in total. The maximum absolute atomic E-state index is 10.4. The molecular formula is C19H19N5O5. The number of ether oxygens (including phenoxy) is 2. The van der Waals surface area contributed by atoms with Crippen LogP contribution in [-0.2, 0) is 11.3 Å². The number of hydrogen-bond donors (Lipinski definition) is 3. The van der Waals surface area contributed by atoms with Crippen LogP contribution in [0, 0.1) is 0 Å². The monoisotopic (exact) mass is 397 g/mol. The van der Waals surface area contributed by atoms with E-state index in [1.54, 1.807) is 21.4 Å². The lowest BCUT2D eigenvalue weighted by Gasteiger charge is -2.17. The van der Waals surface area contributed by atoms with E-state index in [9.17, 15) is 15.3 Å². The quantitative estimate of drug-likeness (QED) is 0.438. The summed E-state index contributed by atoms with van der Waals surface area (Å²) in [5, 5.41) is 29.9. The molecule has 1 aliphatic rings.